The number of carbonyl (C=O) groups is 2. The van der Waals surface area contributed by atoms with Gasteiger partial charge in [-0.1, -0.05) is 20.8 Å². The molecule has 8 heteroatoms. The van der Waals surface area contributed by atoms with Gasteiger partial charge in [0, 0.05) is 44.2 Å². The predicted octanol–water partition coefficient (Wildman–Crippen LogP) is 3.99. The van der Waals surface area contributed by atoms with Crippen molar-refractivity contribution in [3.8, 4) is 0 Å². The number of piperidine rings is 1. The number of halogens is 3. The highest BCUT2D eigenvalue weighted by Gasteiger charge is 2.36. The Balaban J connectivity index is 2.09. The molecule has 0 unspecified atom stereocenters. The molecule has 1 saturated heterocycles. The highest BCUT2D eigenvalue weighted by Crippen LogP contribution is 2.37. The van der Waals surface area contributed by atoms with Gasteiger partial charge in [-0.05, 0) is 31.0 Å². The monoisotopic (exact) mass is 399 g/mol. The third-order valence-electron chi connectivity index (χ3n) is 4.88. The fraction of sp³-hybridized carbons (Fsp3) is 0.600. The molecule has 1 aliphatic heterocycles. The van der Waals surface area contributed by atoms with E-state index in [-0.39, 0.29) is 11.6 Å². The normalized spacial score (nSPS) is 16.1. The van der Waals surface area contributed by atoms with E-state index in [1.54, 1.807) is 23.9 Å². The lowest BCUT2D eigenvalue weighted by atomic mass is 9.90. The Morgan fingerprint density at radius 1 is 1.11 bits per heavy atom. The molecule has 5 nitrogen and oxygen atoms in total. The Morgan fingerprint density at radius 3 is 2.14 bits per heavy atom. The van der Waals surface area contributed by atoms with E-state index in [1.165, 1.54) is 12.1 Å². The second-order valence-electron chi connectivity index (χ2n) is 8.43. The first kappa shape index (κ1) is 22.0. The lowest BCUT2D eigenvalue weighted by molar-refractivity contribution is -0.142. The van der Waals surface area contributed by atoms with Gasteiger partial charge in [0.1, 0.15) is 0 Å². The summed E-state index contributed by atoms with van der Waals surface area (Å²) in [6, 6.07) is 3.85. The molecule has 1 fully saturated rings. The Kier molecular flexibility index (Phi) is 6.31. The van der Waals surface area contributed by atoms with E-state index < -0.39 is 29.0 Å². The van der Waals surface area contributed by atoms with Crippen LogP contribution < -0.4 is 10.2 Å². The molecule has 2 amide bonds. The smallest absolute Gasteiger partial charge is 0.378 e. The summed E-state index contributed by atoms with van der Waals surface area (Å²) < 4.78 is 40.3. The lowest BCUT2D eigenvalue weighted by Gasteiger charge is -2.35. The van der Waals surface area contributed by atoms with Crippen LogP contribution in [0.5, 0.6) is 0 Å². The molecule has 0 radical (unpaired) electrons. The van der Waals surface area contributed by atoms with Gasteiger partial charge in [0.25, 0.3) is 0 Å². The van der Waals surface area contributed by atoms with Crippen molar-refractivity contribution in [2.45, 2.75) is 39.8 Å². The van der Waals surface area contributed by atoms with Crippen LogP contribution in [-0.2, 0) is 15.8 Å². The molecule has 2 rings (SSSR count). The van der Waals surface area contributed by atoms with Crippen LogP contribution in [0.15, 0.2) is 18.2 Å². The summed E-state index contributed by atoms with van der Waals surface area (Å²) >= 11 is 0. The highest BCUT2D eigenvalue weighted by molar-refractivity contribution is 5.94. The van der Waals surface area contributed by atoms with Gasteiger partial charge in [0.15, 0.2) is 0 Å². The number of alkyl halides is 3. The standard InChI is InChI=1S/C20H28F3N3O2/c1-19(2,3)18(28)26-10-8-13(9-11-26)17(27)24-16-7-6-14(25(4)5)12-15(16)20(21,22)23/h6-7,12-13H,8-11H2,1-5H3,(H,24,27). The number of likely N-dealkylation sites (tertiary alicyclic amines) is 1. The van der Waals surface area contributed by atoms with Gasteiger partial charge in [-0.15, -0.1) is 0 Å². The minimum Gasteiger partial charge on any atom is -0.378 e. The van der Waals surface area contributed by atoms with Gasteiger partial charge >= 0.3 is 6.18 Å². The van der Waals surface area contributed by atoms with Crippen LogP contribution in [0.3, 0.4) is 0 Å². The van der Waals surface area contributed by atoms with E-state index in [2.05, 4.69) is 5.32 Å². The van der Waals surface area contributed by atoms with Gasteiger partial charge < -0.3 is 15.1 Å². The fourth-order valence-corrected chi connectivity index (χ4v) is 3.21. The molecule has 0 spiro atoms. The third-order valence-corrected chi connectivity index (χ3v) is 4.88. The third kappa shape index (κ3) is 5.17. The second kappa shape index (κ2) is 8.01. The van der Waals surface area contributed by atoms with Gasteiger partial charge in [-0.2, -0.15) is 13.2 Å². The molecule has 156 valence electrons. The number of benzene rings is 1. The molecule has 1 N–H and O–H groups in total. The van der Waals surface area contributed by atoms with Crippen molar-refractivity contribution in [2.24, 2.45) is 11.3 Å². The summed E-state index contributed by atoms with van der Waals surface area (Å²) in [5.74, 6) is -0.838. The van der Waals surface area contributed by atoms with Crippen LogP contribution >= 0.6 is 0 Å². The molecular formula is C20H28F3N3O2. The molecular weight excluding hydrogens is 371 g/mol. The molecule has 1 aliphatic rings. The van der Waals surface area contributed by atoms with E-state index in [1.807, 2.05) is 20.8 Å². The van der Waals surface area contributed by atoms with Crippen LogP contribution in [0.1, 0.15) is 39.2 Å². The average molecular weight is 399 g/mol. The van der Waals surface area contributed by atoms with Crippen molar-refractivity contribution in [3.05, 3.63) is 23.8 Å². The molecule has 1 heterocycles. The van der Waals surface area contributed by atoms with E-state index in [0.717, 1.165) is 6.07 Å². The van der Waals surface area contributed by atoms with Crippen molar-refractivity contribution in [2.75, 3.05) is 37.4 Å². The second-order valence-corrected chi connectivity index (χ2v) is 8.43. The number of anilines is 2. The van der Waals surface area contributed by atoms with Gasteiger partial charge in [-0.3, -0.25) is 9.59 Å². The number of nitrogens with zero attached hydrogens (tertiary/aromatic N) is 2. The minimum absolute atomic E-state index is 0.0185. The van der Waals surface area contributed by atoms with Gasteiger partial charge in [0.2, 0.25) is 11.8 Å². The van der Waals surface area contributed by atoms with Crippen LogP contribution in [0.2, 0.25) is 0 Å². The number of amides is 2. The molecule has 28 heavy (non-hydrogen) atoms. The molecule has 0 bridgehead atoms. The van der Waals surface area contributed by atoms with Crippen LogP contribution in [0, 0.1) is 11.3 Å². The maximum absolute atomic E-state index is 13.4. The summed E-state index contributed by atoms with van der Waals surface area (Å²) in [6.07, 6.45) is -3.70. The molecule has 0 aliphatic carbocycles. The SMILES string of the molecule is CN(C)c1ccc(NC(=O)C2CCN(C(=O)C(C)(C)C)CC2)c(C(F)(F)F)c1. The van der Waals surface area contributed by atoms with Crippen LogP contribution in [0.4, 0.5) is 24.5 Å². The van der Waals surface area contributed by atoms with Gasteiger partial charge in [-0.25, -0.2) is 0 Å². The Morgan fingerprint density at radius 2 is 1.68 bits per heavy atom. The summed E-state index contributed by atoms with van der Waals surface area (Å²) in [5.41, 5.74) is -1.20. The first-order chi connectivity index (χ1) is 12.8. The van der Waals surface area contributed by atoms with Crippen molar-refractivity contribution < 1.29 is 22.8 Å². The first-order valence-electron chi connectivity index (χ1n) is 9.29. The number of hydrogen-bond acceptors (Lipinski definition) is 3. The molecule has 1 aromatic carbocycles. The van der Waals surface area contributed by atoms with E-state index in [9.17, 15) is 22.8 Å². The molecule has 0 saturated carbocycles. The van der Waals surface area contributed by atoms with E-state index >= 15 is 0 Å². The Hall–Kier alpha value is -2.25. The van der Waals surface area contributed by atoms with Crippen LogP contribution in [0.25, 0.3) is 0 Å². The molecule has 0 atom stereocenters. The first-order valence-corrected chi connectivity index (χ1v) is 9.29. The largest absolute Gasteiger partial charge is 0.418 e. The summed E-state index contributed by atoms with van der Waals surface area (Å²) in [6.45, 7) is 6.37. The molecule has 0 aromatic heterocycles. The maximum Gasteiger partial charge on any atom is 0.418 e. The van der Waals surface area contributed by atoms with Crippen molar-refractivity contribution in [1.29, 1.82) is 0 Å². The Bertz CT molecular complexity index is 731. The zero-order valence-electron chi connectivity index (χ0n) is 17.0. The summed E-state index contributed by atoms with van der Waals surface area (Å²) in [7, 11) is 3.31. The average Bonchev–Trinajstić information content (AvgIpc) is 2.59. The fourth-order valence-electron chi connectivity index (χ4n) is 3.21. The highest BCUT2D eigenvalue weighted by atomic mass is 19.4. The van der Waals surface area contributed by atoms with Crippen molar-refractivity contribution >= 4 is 23.2 Å². The topological polar surface area (TPSA) is 52.7 Å². The summed E-state index contributed by atoms with van der Waals surface area (Å²) in [5, 5.41) is 2.45. The van der Waals surface area contributed by atoms with Crippen molar-refractivity contribution in [3.63, 3.8) is 0 Å². The lowest BCUT2D eigenvalue weighted by Crippen LogP contribution is -2.45. The zero-order valence-corrected chi connectivity index (χ0v) is 17.0. The van der Waals surface area contributed by atoms with E-state index in [0.29, 0.717) is 31.6 Å². The number of rotatable bonds is 3. The summed E-state index contributed by atoms with van der Waals surface area (Å²) in [4.78, 5) is 28.2. The Labute approximate surface area is 163 Å². The maximum atomic E-state index is 13.4. The number of hydrogen-bond donors (Lipinski definition) is 1. The number of carbonyl (C=O) groups excluding carboxylic acids is 2. The van der Waals surface area contributed by atoms with Crippen LogP contribution in [-0.4, -0.2) is 43.9 Å². The van der Waals surface area contributed by atoms with Crippen molar-refractivity contribution in [1.82, 2.24) is 4.90 Å². The van der Waals surface area contributed by atoms with Gasteiger partial charge in [0.05, 0.1) is 11.3 Å². The quantitative estimate of drug-likeness (QED) is 0.836. The zero-order chi connectivity index (χ0) is 21.3. The molecule has 1 aromatic rings. The minimum atomic E-state index is -4.57. The predicted molar refractivity (Wildman–Crippen MR) is 103 cm³/mol. The van der Waals surface area contributed by atoms with E-state index in [4.69, 9.17) is 0 Å². The number of nitrogens with one attached hydrogen (secondary N) is 1.